The molecule has 1 aromatic carbocycles. The van der Waals surface area contributed by atoms with E-state index in [0.29, 0.717) is 6.42 Å². The van der Waals surface area contributed by atoms with Gasteiger partial charge in [0.05, 0.1) is 16.6 Å². The van der Waals surface area contributed by atoms with Gasteiger partial charge in [0.1, 0.15) is 0 Å². The third-order valence-corrected chi connectivity index (χ3v) is 2.89. The fourth-order valence-corrected chi connectivity index (χ4v) is 1.80. The van der Waals surface area contributed by atoms with E-state index in [4.69, 9.17) is 0 Å². The maximum Gasteiger partial charge on any atom is 0.228 e. The van der Waals surface area contributed by atoms with Gasteiger partial charge in [0.15, 0.2) is 0 Å². The number of carbonyl (C=O) groups is 1. The van der Waals surface area contributed by atoms with Gasteiger partial charge >= 0.3 is 0 Å². The van der Waals surface area contributed by atoms with Crippen molar-refractivity contribution in [3.8, 4) is 0 Å². The van der Waals surface area contributed by atoms with Gasteiger partial charge in [0, 0.05) is 12.4 Å². The molecule has 86 valence electrons. The number of hydrogen-bond donors (Lipinski definition) is 1. The van der Waals surface area contributed by atoms with Crippen LogP contribution in [0.4, 0.5) is 5.69 Å². The van der Waals surface area contributed by atoms with Crippen LogP contribution in [-0.2, 0) is 11.2 Å². The number of nitrogens with one attached hydrogen (secondary N) is 1. The Hall–Kier alpha value is -1.68. The summed E-state index contributed by atoms with van der Waals surface area (Å²) in [4.78, 5) is 15.7. The van der Waals surface area contributed by atoms with E-state index in [1.807, 2.05) is 30.3 Å². The smallest absolute Gasteiger partial charge is 0.228 e. The standard InChI is InChI=1S/C13H11BrN2O/c14-11-9-15-7-6-12(11)16-13(17)8-10-4-2-1-3-5-10/h1-7,9H,8H2,(H,15,16,17). The Labute approximate surface area is 108 Å². The second-order valence-corrected chi connectivity index (χ2v) is 4.42. The Morgan fingerprint density at radius 1 is 1.24 bits per heavy atom. The van der Waals surface area contributed by atoms with Gasteiger partial charge in [-0.1, -0.05) is 30.3 Å². The lowest BCUT2D eigenvalue weighted by molar-refractivity contribution is -0.115. The minimum absolute atomic E-state index is 0.0388. The van der Waals surface area contributed by atoms with Crippen LogP contribution in [0.3, 0.4) is 0 Å². The molecule has 1 heterocycles. The number of benzene rings is 1. The highest BCUT2D eigenvalue weighted by Crippen LogP contribution is 2.20. The number of hydrogen-bond acceptors (Lipinski definition) is 2. The highest BCUT2D eigenvalue weighted by atomic mass is 79.9. The van der Waals surface area contributed by atoms with Crippen LogP contribution in [0.25, 0.3) is 0 Å². The van der Waals surface area contributed by atoms with Crippen molar-refractivity contribution in [3.05, 3.63) is 58.8 Å². The first-order valence-corrected chi connectivity index (χ1v) is 5.98. The summed E-state index contributed by atoms with van der Waals surface area (Å²) in [7, 11) is 0. The van der Waals surface area contributed by atoms with Crippen LogP contribution in [0, 0.1) is 0 Å². The lowest BCUT2D eigenvalue weighted by Crippen LogP contribution is -2.14. The molecule has 1 N–H and O–H groups in total. The monoisotopic (exact) mass is 290 g/mol. The summed E-state index contributed by atoms with van der Waals surface area (Å²) < 4.78 is 0.779. The van der Waals surface area contributed by atoms with E-state index in [0.717, 1.165) is 15.7 Å². The molecule has 4 heteroatoms. The molecule has 2 rings (SSSR count). The lowest BCUT2D eigenvalue weighted by Gasteiger charge is -2.06. The molecule has 17 heavy (non-hydrogen) atoms. The number of rotatable bonds is 3. The quantitative estimate of drug-likeness (QED) is 0.944. The Balaban J connectivity index is 2.01. The molecule has 1 aromatic heterocycles. The minimum atomic E-state index is -0.0388. The second-order valence-electron chi connectivity index (χ2n) is 3.57. The van der Waals surface area contributed by atoms with Gasteiger partial charge in [-0.2, -0.15) is 0 Å². The first kappa shape index (κ1) is 11.8. The van der Waals surface area contributed by atoms with Crippen LogP contribution < -0.4 is 5.32 Å². The van der Waals surface area contributed by atoms with Crippen molar-refractivity contribution in [2.75, 3.05) is 5.32 Å². The Morgan fingerprint density at radius 2 is 2.00 bits per heavy atom. The molecular formula is C13H11BrN2O. The predicted molar refractivity (Wildman–Crippen MR) is 70.7 cm³/mol. The maximum absolute atomic E-state index is 11.8. The number of aromatic nitrogens is 1. The molecule has 0 fully saturated rings. The number of anilines is 1. The molecule has 0 aliphatic heterocycles. The van der Waals surface area contributed by atoms with Crippen molar-refractivity contribution in [1.29, 1.82) is 0 Å². The molecule has 2 aromatic rings. The van der Waals surface area contributed by atoms with E-state index in [9.17, 15) is 4.79 Å². The van der Waals surface area contributed by atoms with Crippen molar-refractivity contribution in [1.82, 2.24) is 4.98 Å². The fourth-order valence-electron chi connectivity index (χ4n) is 1.45. The maximum atomic E-state index is 11.8. The molecule has 0 saturated heterocycles. The van der Waals surface area contributed by atoms with E-state index in [1.54, 1.807) is 18.5 Å². The summed E-state index contributed by atoms with van der Waals surface area (Å²) in [6.07, 6.45) is 3.66. The van der Waals surface area contributed by atoms with E-state index in [-0.39, 0.29) is 5.91 Å². The second kappa shape index (κ2) is 5.59. The Kier molecular flexibility index (Phi) is 3.88. The third kappa shape index (κ3) is 3.39. The number of pyridine rings is 1. The minimum Gasteiger partial charge on any atom is -0.325 e. The molecule has 0 atom stereocenters. The van der Waals surface area contributed by atoms with Gasteiger partial charge in [-0.25, -0.2) is 0 Å². The van der Waals surface area contributed by atoms with Crippen LogP contribution in [0.2, 0.25) is 0 Å². The summed E-state index contributed by atoms with van der Waals surface area (Å²) in [5.74, 6) is -0.0388. The summed E-state index contributed by atoms with van der Waals surface area (Å²) >= 11 is 3.33. The first-order chi connectivity index (χ1) is 8.25. The number of carbonyl (C=O) groups excluding carboxylic acids is 1. The van der Waals surface area contributed by atoms with Crippen molar-refractivity contribution >= 4 is 27.5 Å². The summed E-state index contributed by atoms with van der Waals surface area (Å²) in [5.41, 5.74) is 1.73. The van der Waals surface area contributed by atoms with Crippen molar-refractivity contribution in [2.45, 2.75) is 6.42 Å². The average Bonchev–Trinajstić information content (AvgIpc) is 2.33. The molecule has 0 radical (unpaired) electrons. The number of halogens is 1. The van der Waals surface area contributed by atoms with E-state index in [2.05, 4.69) is 26.2 Å². The molecule has 3 nitrogen and oxygen atoms in total. The first-order valence-electron chi connectivity index (χ1n) is 5.19. The zero-order valence-corrected chi connectivity index (χ0v) is 10.6. The summed E-state index contributed by atoms with van der Waals surface area (Å²) in [6.45, 7) is 0. The zero-order valence-electron chi connectivity index (χ0n) is 9.06. The van der Waals surface area contributed by atoms with Crippen LogP contribution in [-0.4, -0.2) is 10.9 Å². The number of amides is 1. The van der Waals surface area contributed by atoms with Crippen LogP contribution in [0.5, 0.6) is 0 Å². The molecular weight excluding hydrogens is 280 g/mol. The largest absolute Gasteiger partial charge is 0.325 e. The average molecular weight is 291 g/mol. The van der Waals surface area contributed by atoms with Gasteiger partial charge in [-0.15, -0.1) is 0 Å². The topological polar surface area (TPSA) is 42.0 Å². The Morgan fingerprint density at radius 3 is 2.71 bits per heavy atom. The predicted octanol–water partition coefficient (Wildman–Crippen LogP) is 3.03. The van der Waals surface area contributed by atoms with Gasteiger partial charge in [-0.3, -0.25) is 9.78 Å². The van der Waals surface area contributed by atoms with Crippen molar-refractivity contribution in [2.24, 2.45) is 0 Å². The van der Waals surface area contributed by atoms with E-state index in [1.165, 1.54) is 0 Å². The molecule has 0 spiro atoms. The molecule has 0 aliphatic carbocycles. The van der Waals surface area contributed by atoms with Gasteiger partial charge in [-0.05, 0) is 27.6 Å². The third-order valence-electron chi connectivity index (χ3n) is 2.25. The van der Waals surface area contributed by atoms with Crippen LogP contribution in [0.15, 0.2) is 53.3 Å². The van der Waals surface area contributed by atoms with Crippen LogP contribution in [0.1, 0.15) is 5.56 Å². The van der Waals surface area contributed by atoms with Crippen molar-refractivity contribution in [3.63, 3.8) is 0 Å². The number of nitrogens with zero attached hydrogens (tertiary/aromatic N) is 1. The SMILES string of the molecule is O=C(Cc1ccccc1)Nc1ccncc1Br. The van der Waals surface area contributed by atoms with Gasteiger partial charge in [0.25, 0.3) is 0 Å². The summed E-state index contributed by atoms with van der Waals surface area (Å²) in [6, 6.07) is 11.4. The van der Waals surface area contributed by atoms with Crippen molar-refractivity contribution < 1.29 is 4.79 Å². The molecule has 0 unspecified atom stereocenters. The highest BCUT2D eigenvalue weighted by molar-refractivity contribution is 9.10. The fraction of sp³-hybridized carbons (Fsp3) is 0.0769. The summed E-state index contributed by atoms with van der Waals surface area (Å²) in [5, 5.41) is 2.83. The lowest BCUT2D eigenvalue weighted by atomic mass is 10.1. The van der Waals surface area contributed by atoms with E-state index >= 15 is 0 Å². The van der Waals surface area contributed by atoms with Gasteiger partial charge in [0.2, 0.25) is 5.91 Å². The molecule has 1 amide bonds. The zero-order chi connectivity index (χ0) is 12.1. The van der Waals surface area contributed by atoms with E-state index < -0.39 is 0 Å². The normalized spacial score (nSPS) is 9.94. The Bertz CT molecular complexity index is 514. The van der Waals surface area contributed by atoms with Crippen LogP contribution >= 0.6 is 15.9 Å². The molecule has 0 saturated carbocycles. The molecule has 0 aliphatic rings. The van der Waals surface area contributed by atoms with Gasteiger partial charge < -0.3 is 5.32 Å². The highest BCUT2D eigenvalue weighted by Gasteiger charge is 2.05. The molecule has 0 bridgehead atoms.